The zero-order valence-electron chi connectivity index (χ0n) is 8.95. The van der Waals surface area contributed by atoms with Crippen LogP contribution in [0.15, 0.2) is 0 Å². The van der Waals surface area contributed by atoms with Gasteiger partial charge in [0, 0.05) is 6.54 Å². The Morgan fingerprint density at radius 3 is 2.71 bits per heavy atom. The maximum atomic E-state index is 11.6. The highest BCUT2D eigenvalue weighted by Gasteiger charge is 2.45. The van der Waals surface area contributed by atoms with Gasteiger partial charge in [-0.15, -0.1) is 0 Å². The number of rotatable bonds is 0. The lowest BCUT2D eigenvalue weighted by Gasteiger charge is -2.28. The number of hydrogen-bond acceptors (Lipinski definition) is 3. The number of carbonyl (C=O) groups excluding carboxylic acids is 1. The van der Waals surface area contributed by atoms with Gasteiger partial charge in [-0.05, 0) is 27.2 Å². The molecule has 0 N–H and O–H groups in total. The van der Waals surface area contributed by atoms with Gasteiger partial charge >= 0.3 is 6.09 Å². The Kier molecular flexibility index (Phi) is 2.18. The van der Waals surface area contributed by atoms with Gasteiger partial charge in [0.05, 0.1) is 12.6 Å². The van der Waals surface area contributed by atoms with E-state index in [2.05, 4.69) is 0 Å². The fraction of sp³-hybridized carbons (Fsp3) is 0.900. The van der Waals surface area contributed by atoms with Crippen LogP contribution < -0.4 is 0 Å². The van der Waals surface area contributed by atoms with Gasteiger partial charge in [-0.1, -0.05) is 0 Å². The summed E-state index contributed by atoms with van der Waals surface area (Å²) in [5, 5.41) is 0. The molecule has 2 atom stereocenters. The van der Waals surface area contributed by atoms with E-state index in [-0.39, 0.29) is 12.2 Å². The Balaban J connectivity index is 1.85. The zero-order valence-corrected chi connectivity index (χ0v) is 8.95. The third-order valence-corrected chi connectivity index (χ3v) is 2.42. The normalized spacial score (nSPS) is 30.9. The molecule has 0 aromatic carbocycles. The minimum atomic E-state index is -0.404. The summed E-state index contributed by atoms with van der Waals surface area (Å²) >= 11 is 0. The molecule has 0 unspecified atom stereocenters. The summed E-state index contributed by atoms with van der Waals surface area (Å²) in [6, 6.07) is 0. The van der Waals surface area contributed by atoms with E-state index in [1.807, 2.05) is 20.8 Å². The standard InChI is InChI=1S/C10H17NO3/c1-10(2,3)14-9(12)11-5-4-7-8(6-11)13-7/h7-8H,4-6H2,1-3H3/t7-,8+/m0/s1. The third kappa shape index (κ3) is 2.18. The van der Waals surface area contributed by atoms with E-state index in [0.29, 0.717) is 12.6 Å². The van der Waals surface area contributed by atoms with Crippen molar-refractivity contribution < 1.29 is 14.3 Å². The van der Waals surface area contributed by atoms with Crippen LogP contribution in [0.25, 0.3) is 0 Å². The lowest BCUT2D eigenvalue weighted by atomic mass is 10.1. The Morgan fingerprint density at radius 1 is 1.43 bits per heavy atom. The molecule has 2 rings (SSSR count). The van der Waals surface area contributed by atoms with Crippen LogP contribution in [0.2, 0.25) is 0 Å². The van der Waals surface area contributed by atoms with Gasteiger partial charge in [0.1, 0.15) is 11.7 Å². The maximum Gasteiger partial charge on any atom is 0.410 e. The van der Waals surface area contributed by atoms with E-state index in [4.69, 9.17) is 9.47 Å². The second-order valence-electron chi connectivity index (χ2n) is 4.93. The molecule has 0 aromatic heterocycles. The molecule has 14 heavy (non-hydrogen) atoms. The first-order valence-electron chi connectivity index (χ1n) is 5.09. The average molecular weight is 199 g/mol. The second kappa shape index (κ2) is 3.12. The predicted molar refractivity (Wildman–Crippen MR) is 51.1 cm³/mol. The molecule has 0 aromatic rings. The number of likely N-dealkylation sites (tertiary alicyclic amines) is 1. The van der Waals surface area contributed by atoms with Gasteiger partial charge < -0.3 is 14.4 Å². The molecule has 2 aliphatic heterocycles. The highest BCUT2D eigenvalue weighted by atomic mass is 16.6. The van der Waals surface area contributed by atoms with E-state index in [9.17, 15) is 4.79 Å². The van der Waals surface area contributed by atoms with Gasteiger partial charge in [0.15, 0.2) is 0 Å². The molecule has 4 nitrogen and oxygen atoms in total. The van der Waals surface area contributed by atoms with Gasteiger partial charge in [0.25, 0.3) is 0 Å². The van der Waals surface area contributed by atoms with Crippen LogP contribution in [0.1, 0.15) is 27.2 Å². The maximum absolute atomic E-state index is 11.6. The number of ether oxygens (including phenoxy) is 2. The first kappa shape index (κ1) is 9.77. The quantitative estimate of drug-likeness (QED) is 0.554. The number of epoxide rings is 1. The number of carbonyl (C=O) groups is 1. The van der Waals surface area contributed by atoms with Gasteiger partial charge in [-0.3, -0.25) is 0 Å². The first-order chi connectivity index (χ1) is 6.46. The second-order valence-corrected chi connectivity index (χ2v) is 4.93. The van der Waals surface area contributed by atoms with E-state index in [1.54, 1.807) is 4.90 Å². The molecule has 80 valence electrons. The average Bonchev–Trinajstić information content (AvgIpc) is 2.77. The number of amides is 1. The Morgan fingerprint density at radius 2 is 2.14 bits per heavy atom. The minimum Gasteiger partial charge on any atom is -0.444 e. The lowest BCUT2D eigenvalue weighted by Crippen LogP contribution is -2.42. The van der Waals surface area contributed by atoms with Crippen LogP contribution >= 0.6 is 0 Å². The van der Waals surface area contributed by atoms with E-state index >= 15 is 0 Å². The largest absolute Gasteiger partial charge is 0.444 e. The molecular formula is C10H17NO3. The lowest BCUT2D eigenvalue weighted by molar-refractivity contribution is 0.0229. The molecule has 0 spiro atoms. The molecule has 4 heteroatoms. The van der Waals surface area contributed by atoms with Crippen molar-refractivity contribution >= 4 is 6.09 Å². The molecule has 2 fully saturated rings. The molecule has 2 aliphatic rings. The molecule has 1 amide bonds. The number of hydrogen-bond donors (Lipinski definition) is 0. The monoisotopic (exact) mass is 199 g/mol. The van der Waals surface area contributed by atoms with Crippen molar-refractivity contribution in [1.82, 2.24) is 4.90 Å². The van der Waals surface area contributed by atoms with Gasteiger partial charge in [-0.2, -0.15) is 0 Å². The van der Waals surface area contributed by atoms with E-state index in [1.165, 1.54) is 0 Å². The molecule has 0 radical (unpaired) electrons. The molecule has 0 bridgehead atoms. The number of nitrogens with zero attached hydrogens (tertiary/aromatic N) is 1. The van der Waals surface area contributed by atoms with Crippen LogP contribution in [-0.2, 0) is 9.47 Å². The van der Waals surface area contributed by atoms with Crippen molar-refractivity contribution in [3.05, 3.63) is 0 Å². The fourth-order valence-corrected chi connectivity index (χ4v) is 1.68. The van der Waals surface area contributed by atoms with Crippen molar-refractivity contribution in [3.8, 4) is 0 Å². The molecule has 0 saturated carbocycles. The zero-order chi connectivity index (χ0) is 10.3. The smallest absolute Gasteiger partial charge is 0.410 e. The highest BCUT2D eigenvalue weighted by molar-refractivity contribution is 5.68. The van der Waals surface area contributed by atoms with Gasteiger partial charge in [0.2, 0.25) is 0 Å². The summed E-state index contributed by atoms with van der Waals surface area (Å²) in [4.78, 5) is 13.4. The van der Waals surface area contributed by atoms with E-state index in [0.717, 1.165) is 13.0 Å². The van der Waals surface area contributed by atoms with Crippen molar-refractivity contribution in [1.29, 1.82) is 0 Å². The number of fused-ring (bicyclic) bond motifs is 1. The Labute approximate surface area is 84.2 Å². The van der Waals surface area contributed by atoms with Crippen LogP contribution in [0.4, 0.5) is 4.79 Å². The molecular weight excluding hydrogens is 182 g/mol. The van der Waals surface area contributed by atoms with Crippen molar-refractivity contribution in [2.45, 2.75) is 45.0 Å². The fourth-order valence-electron chi connectivity index (χ4n) is 1.68. The molecule has 0 aliphatic carbocycles. The first-order valence-corrected chi connectivity index (χ1v) is 5.09. The molecule has 2 saturated heterocycles. The van der Waals surface area contributed by atoms with Gasteiger partial charge in [-0.25, -0.2) is 4.79 Å². The topological polar surface area (TPSA) is 42.1 Å². The van der Waals surface area contributed by atoms with Crippen molar-refractivity contribution in [2.75, 3.05) is 13.1 Å². The summed E-state index contributed by atoms with van der Waals surface area (Å²) in [5.41, 5.74) is -0.404. The summed E-state index contributed by atoms with van der Waals surface area (Å²) < 4.78 is 10.6. The SMILES string of the molecule is CC(C)(C)OC(=O)N1CC[C@@H]2O[C@@H]2C1. The molecule has 2 heterocycles. The van der Waals surface area contributed by atoms with E-state index < -0.39 is 5.60 Å². The predicted octanol–water partition coefficient (Wildman–Crippen LogP) is 1.39. The Bertz CT molecular complexity index is 246. The van der Waals surface area contributed by atoms with Crippen LogP contribution in [0.5, 0.6) is 0 Å². The summed E-state index contributed by atoms with van der Waals surface area (Å²) in [6.45, 7) is 7.09. The van der Waals surface area contributed by atoms with Crippen LogP contribution in [0.3, 0.4) is 0 Å². The number of piperidine rings is 1. The minimum absolute atomic E-state index is 0.216. The third-order valence-electron chi connectivity index (χ3n) is 2.42. The van der Waals surface area contributed by atoms with Crippen molar-refractivity contribution in [2.24, 2.45) is 0 Å². The van der Waals surface area contributed by atoms with Crippen LogP contribution in [-0.4, -0.2) is 41.9 Å². The summed E-state index contributed by atoms with van der Waals surface area (Å²) in [7, 11) is 0. The van der Waals surface area contributed by atoms with Crippen molar-refractivity contribution in [3.63, 3.8) is 0 Å². The Hall–Kier alpha value is -0.770. The summed E-state index contributed by atoms with van der Waals surface area (Å²) in [5.74, 6) is 0. The van der Waals surface area contributed by atoms with Crippen LogP contribution in [0, 0.1) is 0 Å². The summed E-state index contributed by atoms with van der Waals surface area (Å²) in [6.07, 6.45) is 1.42. The highest BCUT2D eigenvalue weighted by Crippen LogP contribution is 2.31.